The van der Waals surface area contributed by atoms with Gasteiger partial charge >= 0.3 is 0 Å². The normalized spacial score (nSPS) is 23.0. The van der Waals surface area contributed by atoms with Crippen LogP contribution in [0, 0.1) is 11.9 Å². The van der Waals surface area contributed by atoms with Crippen molar-refractivity contribution in [1.29, 1.82) is 0 Å². The Labute approximate surface area is 81.7 Å². The summed E-state index contributed by atoms with van der Waals surface area (Å²) in [6.45, 7) is 1.90. The fraction of sp³-hybridized carbons (Fsp3) is 0.400. The fourth-order valence-corrected chi connectivity index (χ4v) is 2.60. The van der Waals surface area contributed by atoms with Crippen LogP contribution in [-0.2, 0) is 0 Å². The van der Waals surface area contributed by atoms with Crippen molar-refractivity contribution in [3.63, 3.8) is 0 Å². The second-order valence-corrected chi connectivity index (χ2v) is 4.32. The summed E-state index contributed by atoms with van der Waals surface area (Å²) < 4.78 is 13.3. The lowest BCUT2D eigenvalue weighted by atomic mass is 10.1. The first-order valence-electron chi connectivity index (χ1n) is 4.36. The molecule has 2 rings (SSSR count). The number of hydrogen-bond donors (Lipinski definition) is 1. The predicted octanol–water partition coefficient (Wildman–Crippen LogP) is 2.00. The Morgan fingerprint density at radius 3 is 3.23 bits per heavy atom. The lowest BCUT2D eigenvalue weighted by Gasteiger charge is -2.22. The van der Waals surface area contributed by atoms with Gasteiger partial charge in [-0.05, 0) is 12.1 Å². The van der Waals surface area contributed by atoms with Crippen molar-refractivity contribution in [2.24, 2.45) is 0 Å². The summed E-state index contributed by atoms with van der Waals surface area (Å²) in [7, 11) is 0. The molecule has 3 heteroatoms. The molecule has 1 aromatic rings. The maximum absolute atomic E-state index is 13.3. The van der Waals surface area contributed by atoms with E-state index in [4.69, 9.17) is 0 Å². The molecule has 0 amide bonds. The molecule has 0 aliphatic carbocycles. The van der Waals surface area contributed by atoms with Crippen molar-refractivity contribution in [1.82, 2.24) is 5.32 Å². The molecule has 0 saturated carbocycles. The van der Waals surface area contributed by atoms with Crippen molar-refractivity contribution < 1.29 is 4.39 Å². The molecule has 1 saturated heterocycles. The van der Waals surface area contributed by atoms with E-state index in [0.717, 1.165) is 24.4 Å². The number of nitrogens with one attached hydrogen (secondary N) is 1. The van der Waals surface area contributed by atoms with E-state index in [0.29, 0.717) is 0 Å². The zero-order valence-corrected chi connectivity index (χ0v) is 8.03. The second-order valence-electron chi connectivity index (χ2n) is 3.01. The first kappa shape index (κ1) is 9.03. The molecule has 13 heavy (non-hydrogen) atoms. The van der Waals surface area contributed by atoms with E-state index in [1.54, 1.807) is 6.07 Å². The van der Waals surface area contributed by atoms with Crippen molar-refractivity contribution in [2.75, 3.05) is 18.8 Å². The van der Waals surface area contributed by atoms with Crippen LogP contribution in [-0.4, -0.2) is 18.8 Å². The smallest absolute Gasteiger partial charge is 0.128 e. The van der Waals surface area contributed by atoms with E-state index in [9.17, 15) is 4.39 Å². The first-order chi connectivity index (χ1) is 6.38. The van der Waals surface area contributed by atoms with Crippen LogP contribution >= 0.6 is 11.8 Å². The molecule has 1 nitrogen and oxygen atoms in total. The third-order valence-electron chi connectivity index (χ3n) is 2.12. The Morgan fingerprint density at radius 2 is 2.54 bits per heavy atom. The molecule has 0 aromatic heterocycles. The summed E-state index contributed by atoms with van der Waals surface area (Å²) in [4.78, 5) is 0. The Bertz CT molecular complexity index is 284. The van der Waals surface area contributed by atoms with Gasteiger partial charge in [0.2, 0.25) is 0 Å². The highest BCUT2D eigenvalue weighted by molar-refractivity contribution is 7.99. The minimum atomic E-state index is -0.135. The average molecular weight is 196 g/mol. The molecule has 1 N–H and O–H groups in total. The SMILES string of the molecule is Fc1c[c]ccc1C1CNCCS1. The van der Waals surface area contributed by atoms with Gasteiger partial charge < -0.3 is 5.32 Å². The number of benzene rings is 1. The van der Waals surface area contributed by atoms with Gasteiger partial charge in [0.15, 0.2) is 0 Å². The van der Waals surface area contributed by atoms with Gasteiger partial charge in [0.25, 0.3) is 0 Å². The zero-order valence-electron chi connectivity index (χ0n) is 7.22. The van der Waals surface area contributed by atoms with E-state index in [1.165, 1.54) is 6.07 Å². The van der Waals surface area contributed by atoms with Crippen molar-refractivity contribution in [3.05, 3.63) is 35.6 Å². The van der Waals surface area contributed by atoms with Crippen LogP contribution in [0.25, 0.3) is 0 Å². The number of rotatable bonds is 1. The van der Waals surface area contributed by atoms with Crippen LogP contribution in [0.1, 0.15) is 10.8 Å². The summed E-state index contributed by atoms with van der Waals surface area (Å²) in [5, 5.41) is 3.53. The summed E-state index contributed by atoms with van der Waals surface area (Å²) >= 11 is 1.81. The summed E-state index contributed by atoms with van der Waals surface area (Å²) in [6.07, 6.45) is 0. The molecule has 1 unspecified atom stereocenters. The van der Waals surface area contributed by atoms with Crippen LogP contribution in [0.5, 0.6) is 0 Å². The topological polar surface area (TPSA) is 12.0 Å². The average Bonchev–Trinajstić information content (AvgIpc) is 2.20. The van der Waals surface area contributed by atoms with E-state index in [1.807, 2.05) is 17.8 Å². The van der Waals surface area contributed by atoms with Gasteiger partial charge in [-0.15, -0.1) is 0 Å². The molecule has 1 heterocycles. The van der Waals surface area contributed by atoms with Crippen LogP contribution in [0.4, 0.5) is 4.39 Å². The molecular weight excluding hydrogens is 185 g/mol. The molecule has 0 spiro atoms. The van der Waals surface area contributed by atoms with Crippen LogP contribution in [0.3, 0.4) is 0 Å². The van der Waals surface area contributed by atoms with Gasteiger partial charge in [0, 0.05) is 29.7 Å². The third-order valence-corrected chi connectivity index (χ3v) is 3.38. The van der Waals surface area contributed by atoms with Crippen molar-refractivity contribution in [2.45, 2.75) is 5.25 Å². The number of halogens is 1. The quantitative estimate of drug-likeness (QED) is 0.737. The van der Waals surface area contributed by atoms with E-state index < -0.39 is 0 Å². The molecule has 1 aliphatic heterocycles. The molecule has 1 radical (unpaired) electrons. The predicted molar refractivity (Wildman–Crippen MR) is 53.3 cm³/mol. The first-order valence-corrected chi connectivity index (χ1v) is 5.40. The monoisotopic (exact) mass is 196 g/mol. The van der Waals surface area contributed by atoms with Crippen LogP contribution in [0.15, 0.2) is 18.2 Å². The molecular formula is C10H11FNS. The largest absolute Gasteiger partial charge is 0.314 e. The van der Waals surface area contributed by atoms with Gasteiger partial charge in [0.1, 0.15) is 5.82 Å². The standard InChI is InChI=1S/C10H11FNS/c11-9-4-2-1-3-8(9)10-7-12-5-6-13-10/h1,3-4,10,12H,5-7H2. The van der Waals surface area contributed by atoms with E-state index in [2.05, 4.69) is 11.4 Å². The molecule has 1 aliphatic rings. The zero-order chi connectivity index (χ0) is 9.10. The lowest BCUT2D eigenvalue weighted by Crippen LogP contribution is -2.28. The van der Waals surface area contributed by atoms with Gasteiger partial charge in [0.05, 0.1) is 0 Å². The maximum Gasteiger partial charge on any atom is 0.128 e. The van der Waals surface area contributed by atoms with Gasteiger partial charge in [-0.2, -0.15) is 11.8 Å². The summed E-state index contributed by atoms with van der Waals surface area (Å²) in [6, 6.07) is 7.73. The van der Waals surface area contributed by atoms with E-state index in [-0.39, 0.29) is 11.1 Å². The molecule has 1 aromatic carbocycles. The minimum absolute atomic E-state index is 0.135. The maximum atomic E-state index is 13.3. The van der Waals surface area contributed by atoms with Crippen molar-refractivity contribution >= 4 is 11.8 Å². The third kappa shape index (κ3) is 2.03. The van der Waals surface area contributed by atoms with Gasteiger partial charge in [-0.25, -0.2) is 4.39 Å². The number of hydrogen-bond acceptors (Lipinski definition) is 2. The highest BCUT2D eigenvalue weighted by atomic mass is 32.2. The van der Waals surface area contributed by atoms with Crippen LogP contribution < -0.4 is 5.32 Å². The second kappa shape index (κ2) is 4.11. The van der Waals surface area contributed by atoms with Crippen molar-refractivity contribution in [3.8, 4) is 0 Å². The highest BCUT2D eigenvalue weighted by Gasteiger charge is 2.18. The Hall–Kier alpha value is -0.540. The molecule has 0 bridgehead atoms. The van der Waals surface area contributed by atoms with E-state index >= 15 is 0 Å². The summed E-state index contributed by atoms with van der Waals surface area (Å²) in [5.41, 5.74) is 0.802. The van der Waals surface area contributed by atoms with Gasteiger partial charge in [-0.3, -0.25) is 0 Å². The molecule has 1 fully saturated rings. The number of thioether (sulfide) groups is 1. The Balaban J connectivity index is 2.18. The summed E-state index contributed by atoms with van der Waals surface area (Å²) in [5.74, 6) is 0.923. The van der Waals surface area contributed by atoms with Gasteiger partial charge in [-0.1, -0.05) is 12.1 Å². The highest BCUT2D eigenvalue weighted by Crippen LogP contribution is 2.31. The fourth-order valence-electron chi connectivity index (χ4n) is 1.45. The molecule has 69 valence electrons. The van der Waals surface area contributed by atoms with Crippen LogP contribution in [0.2, 0.25) is 0 Å². The Kier molecular flexibility index (Phi) is 2.86. The minimum Gasteiger partial charge on any atom is -0.314 e. The Morgan fingerprint density at radius 1 is 1.62 bits per heavy atom. The lowest BCUT2D eigenvalue weighted by molar-refractivity contribution is 0.594. The molecule has 1 atom stereocenters.